The van der Waals surface area contributed by atoms with Gasteiger partial charge in [0.05, 0.1) is 12.1 Å². The minimum atomic E-state index is -0.861. The minimum Gasteiger partial charge on any atom is -0.325 e. The first kappa shape index (κ1) is 13.8. The van der Waals surface area contributed by atoms with Gasteiger partial charge >= 0.3 is 6.03 Å². The maximum atomic E-state index is 11.8. The van der Waals surface area contributed by atoms with Crippen molar-refractivity contribution in [1.29, 1.82) is 0 Å². The molecule has 2 heterocycles. The summed E-state index contributed by atoms with van der Waals surface area (Å²) in [5.41, 5.74) is 0.300. The van der Waals surface area contributed by atoms with E-state index in [9.17, 15) is 19.2 Å². The molecule has 0 aromatic carbocycles. The Balaban J connectivity index is 2.00. The summed E-state index contributed by atoms with van der Waals surface area (Å²) < 4.78 is 1.44. The standard InChI is InChI=1S/C12H14N4O4/c1-2-16-6-7(3-4-10(16)18)13-9(17)5-8-11(19)15-12(20)14-8/h3-4,6,8H,2,5H2,1H3,(H,13,17)(H2,14,15,19,20). The van der Waals surface area contributed by atoms with E-state index in [1.807, 2.05) is 12.2 Å². The van der Waals surface area contributed by atoms with Gasteiger partial charge in [0, 0.05) is 18.8 Å². The topological polar surface area (TPSA) is 109 Å². The molecule has 1 aliphatic heterocycles. The molecule has 0 bridgehead atoms. The molecule has 4 amide bonds. The van der Waals surface area contributed by atoms with Crippen LogP contribution in [0.4, 0.5) is 10.5 Å². The zero-order chi connectivity index (χ0) is 14.7. The molecule has 1 fully saturated rings. The molecule has 1 atom stereocenters. The highest BCUT2D eigenvalue weighted by atomic mass is 16.2. The molecule has 0 saturated carbocycles. The first-order valence-corrected chi connectivity index (χ1v) is 6.11. The predicted molar refractivity (Wildman–Crippen MR) is 70.1 cm³/mol. The second-order valence-corrected chi connectivity index (χ2v) is 4.31. The van der Waals surface area contributed by atoms with E-state index >= 15 is 0 Å². The third-order valence-corrected chi connectivity index (χ3v) is 2.86. The third-order valence-electron chi connectivity index (χ3n) is 2.86. The summed E-state index contributed by atoms with van der Waals surface area (Å²) in [5.74, 6) is -0.947. The lowest BCUT2D eigenvalue weighted by Crippen LogP contribution is -2.33. The fraction of sp³-hybridized carbons (Fsp3) is 0.333. The average Bonchev–Trinajstić information content (AvgIpc) is 2.70. The molecule has 106 valence electrons. The van der Waals surface area contributed by atoms with Crippen LogP contribution in [0.25, 0.3) is 0 Å². The number of imide groups is 1. The molecule has 1 aromatic rings. The molecule has 1 aromatic heterocycles. The SMILES string of the molecule is CCn1cc(NC(=O)CC2NC(=O)NC2=O)ccc1=O. The van der Waals surface area contributed by atoms with Crippen LogP contribution in [0, 0.1) is 0 Å². The van der Waals surface area contributed by atoms with E-state index in [1.165, 1.54) is 22.9 Å². The Labute approximate surface area is 114 Å². The van der Waals surface area contributed by atoms with Crippen LogP contribution >= 0.6 is 0 Å². The number of anilines is 1. The number of hydrogen-bond acceptors (Lipinski definition) is 4. The third kappa shape index (κ3) is 3.02. The lowest BCUT2D eigenvalue weighted by molar-refractivity contribution is -0.124. The normalized spacial score (nSPS) is 17.6. The van der Waals surface area contributed by atoms with Gasteiger partial charge in [-0.3, -0.25) is 19.7 Å². The first-order chi connectivity index (χ1) is 9.49. The number of rotatable bonds is 4. The van der Waals surface area contributed by atoms with E-state index in [0.717, 1.165) is 0 Å². The van der Waals surface area contributed by atoms with Crippen LogP contribution in [0.3, 0.4) is 0 Å². The molecule has 2 rings (SSSR count). The van der Waals surface area contributed by atoms with E-state index in [1.54, 1.807) is 0 Å². The molecule has 1 saturated heterocycles. The van der Waals surface area contributed by atoms with Gasteiger partial charge in [-0.05, 0) is 13.0 Å². The van der Waals surface area contributed by atoms with Crippen molar-refractivity contribution in [2.45, 2.75) is 25.9 Å². The monoisotopic (exact) mass is 278 g/mol. The van der Waals surface area contributed by atoms with Gasteiger partial charge in [0.25, 0.3) is 11.5 Å². The van der Waals surface area contributed by atoms with Crippen LogP contribution in [-0.4, -0.2) is 28.5 Å². The number of hydrogen-bond donors (Lipinski definition) is 3. The van der Waals surface area contributed by atoms with Crippen LogP contribution in [-0.2, 0) is 16.1 Å². The maximum Gasteiger partial charge on any atom is 0.322 e. The Morgan fingerprint density at radius 3 is 2.70 bits per heavy atom. The van der Waals surface area contributed by atoms with Crippen LogP contribution < -0.4 is 21.5 Å². The second-order valence-electron chi connectivity index (χ2n) is 4.31. The van der Waals surface area contributed by atoms with Gasteiger partial charge in [0.2, 0.25) is 5.91 Å². The van der Waals surface area contributed by atoms with Crippen molar-refractivity contribution >= 4 is 23.5 Å². The molecule has 0 spiro atoms. The van der Waals surface area contributed by atoms with Crippen molar-refractivity contribution in [1.82, 2.24) is 15.2 Å². The summed E-state index contributed by atoms with van der Waals surface area (Å²) in [5, 5.41) is 6.96. The van der Waals surface area contributed by atoms with Gasteiger partial charge in [0.15, 0.2) is 0 Å². The molecule has 20 heavy (non-hydrogen) atoms. The van der Waals surface area contributed by atoms with Crippen LogP contribution in [0.15, 0.2) is 23.1 Å². The Kier molecular flexibility index (Phi) is 3.83. The Bertz CT molecular complexity index is 622. The summed E-state index contributed by atoms with van der Waals surface area (Å²) in [6.07, 6.45) is 1.36. The van der Waals surface area contributed by atoms with Crippen molar-refractivity contribution in [3.05, 3.63) is 28.7 Å². The largest absolute Gasteiger partial charge is 0.325 e. The summed E-state index contributed by atoms with van der Waals surface area (Å²) in [4.78, 5) is 45.4. The lowest BCUT2D eigenvalue weighted by Gasteiger charge is -2.09. The fourth-order valence-corrected chi connectivity index (χ4v) is 1.85. The van der Waals surface area contributed by atoms with E-state index in [-0.39, 0.29) is 12.0 Å². The first-order valence-electron chi connectivity index (χ1n) is 6.11. The molecule has 3 N–H and O–H groups in total. The van der Waals surface area contributed by atoms with E-state index in [0.29, 0.717) is 12.2 Å². The average molecular weight is 278 g/mol. The summed E-state index contributed by atoms with van der Waals surface area (Å²) in [6.45, 7) is 2.30. The number of pyridine rings is 1. The smallest absolute Gasteiger partial charge is 0.322 e. The second kappa shape index (κ2) is 5.55. The highest BCUT2D eigenvalue weighted by molar-refractivity contribution is 6.06. The Morgan fingerprint density at radius 1 is 1.35 bits per heavy atom. The van der Waals surface area contributed by atoms with Crippen LogP contribution in [0.2, 0.25) is 0 Å². The summed E-state index contributed by atoms with van der Waals surface area (Å²) >= 11 is 0. The Hall–Kier alpha value is -2.64. The predicted octanol–water partition coefficient (Wildman–Crippen LogP) is -0.595. The van der Waals surface area contributed by atoms with Gasteiger partial charge in [-0.15, -0.1) is 0 Å². The number of urea groups is 1. The summed E-state index contributed by atoms with van der Waals surface area (Å²) in [7, 11) is 0. The van der Waals surface area contributed by atoms with E-state index < -0.39 is 23.9 Å². The van der Waals surface area contributed by atoms with Crippen molar-refractivity contribution in [3.63, 3.8) is 0 Å². The molecule has 0 aliphatic carbocycles. The number of nitrogens with one attached hydrogen (secondary N) is 3. The highest BCUT2D eigenvalue weighted by Crippen LogP contribution is 2.06. The number of aromatic nitrogens is 1. The molecule has 0 radical (unpaired) electrons. The number of aryl methyl sites for hydroxylation is 1. The van der Waals surface area contributed by atoms with Crippen molar-refractivity contribution < 1.29 is 14.4 Å². The molecule has 8 heteroatoms. The van der Waals surface area contributed by atoms with Gasteiger partial charge < -0.3 is 15.2 Å². The van der Waals surface area contributed by atoms with Gasteiger partial charge in [-0.2, -0.15) is 0 Å². The van der Waals surface area contributed by atoms with E-state index in [4.69, 9.17) is 0 Å². The number of carbonyl (C=O) groups excluding carboxylic acids is 3. The van der Waals surface area contributed by atoms with Gasteiger partial charge in [-0.25, -0.2) is 4.79 Å². The van der Waals surface area contributed by atoms with Crippen molar-refractivity contribution in [2.75, 3.05) is 5.32 Å². The molecular formula is C12H14N4O4. The van der Waals surface area contributed by atoms with Crippen molar-refractivity contribution in [3.8, 4) is 0 Å². The zero-order valence-corrected chi connectivity index (χ0v) is 10.8. The number of amides is 4. The molecule has 1 unspecified atom stereocenters. The zero-order valence-electron chi connectivity index (χ0n) is 10.8. The van der Waals surface area contributed by atoms with E-state index in [2.05, 4.69) is 10.6 Å². The van der Waals surface area contributed by atoms with Crippen LogP contribution in [0.1, 0.15) is 13.3 Å². The fourth-order valence-electron chi connectivity index (χ4n) is 1.85. The highest BCUT2D eigenvalue weighted by Gasteiger charge is 2.31. The maximum absolute atomic E-state index is 11.8. The lowest BCUT2D eigenvalue weighted by atomic mass is 10.2. The number of carbonyl (C=O) groups is 3. The quantitative estimate of drug-likeness (QED) is 0.639. The van der Waals surface area contributed by atoms with Crippen molar-refractivity contribution in [2.24, 2.45) is 0 Å². The minimum absolute atomic E-state index is 0.159. The molecular weight excluding hydrogens is 264 g/mol. The molecule has 1 aliphatic rings. The van der Waals surface area contributed by atoms with Crippen LogP contribution in [0.5, 0.6) is 0 Å². The Morgan fingerprint density at radius 2 is 2.10 bits per heavy atom. The molecule has 8 nitrogen and oxygen atoms in total. The number of nitrogens with zero attached hydrogens (tertiary/aromatic N) is 1. The van der Waals surface area contributed by atoms with Gasteiger partial charge in [-0.1, -0.05) is 0 Å². The summed E-state index contributed by atoms with van der Waals surface area (Å²) in [6, 6.07) is 1.37. The van der Waals surface area contributed by atoms with Gasteiger partial charge in [0.1, 0.15) is 6.04 Å².